The second-order valence-electron chi connectivity index (χ2n) is 3.83. The highest BCUT2D eigenvalue weighted by Crippen LogP contribution is 2.17. The summed E-state index contributed by atoms with van der Waals surface area (Å²) in [5.74, 6) is 0. The lowest BCUT2D eigenvalue weighted by molar-refractivity contribution is 0.112. The van der Waals surface area contributed by atoms with Gasteiger partial charge in [0.05, 0.1) is 4.88 Å². The number of hydrogen-bond acceptors (Lipinski definition) is 3. The summed E-state index contributed by atoms with van der Waals surface area (Å²) in [6.07, 6.45) is 2.91. The molecule has 0 saturated heterocycles. The fourth-order valence-corrected chi connectivity index (χ4v) is 2.17. The Morgan fingerprint density at radius 2 is 1.72 bits per heavy atom. The van der Waals surface area contributed by atoms with Crippen LogP contribution in [0, 0.1) is 0 Å². The fraction of sp³-hybridized carbons (Fsp3) is 0.267. The van der Waals surface area contributed by atoms with Crippen molar-refractivity contribution in [2.45, 2.75) is 26.7 Å². The number of thiophene rings is 1. The Labute approximate surface area is 112 Å². The predicted octanol–water partition coefficient (Wildman–Crippen LogP) is 3.95. The van der Waals surface area contributed by atoms with Crippen molar-refractivity contribution >= 4 is 23.3 Å². The Morgan fingerprint density at radius 3 is 2.06 bits per heavy atom. The van der Waals surface area contributed by atoms with E-state index in [0.717, 1.165) is 29.7 Å². The highest BCUT2D eigenvalue weighted by atomic mass is 32.1. The zero-order valence-corrected chi connectivity index (χ0v) is 11.7. The number of aldehydes is 1. The van der Waals surface area contributed by atoms with Crippen LogP contribution in [0.2, 0.25) is 0 Å². The molecular formula is C15H19NOS. The molecule has 0 amide bonds. The van der Waals surface area contributed by atoms with Gasteiger partial charge in [-0.15, -0.1) is 11.3 Å². The molecule has 0 aliphatic rings. The zero-order valence-electron chi connectivity index (χ0n) is 10.8. The van der Waals surface area contributed by atoms with Crippen molar-refractivity contribution in [1.82, 2.24) is 0 Å². The molecule has 0 bridgehead atoms. The predicted molar refractivity (Wildman–Crippen MR) is 79.3 cm³/mol. The number of carbonyl (C=O) groups excluding carboxylic acids is 1. The van der Waals surface area contributed by atoms with Gasteiger partial charge in [0.2, 0.25) is 0 Å². The Morgan fingerprint density at radius 1 is 1.11 bits per heavy atom. The molecule has 1 aromatic heterocycles. The molecule has 3 heteroatoms. The molecule has 2 rings (SSSR count). The minimum absolute atomic E-state index is 0.792. The molecule has 2 aromatic rings. The van der Waals surface area contributed by atoms with Crippen LogP contribution < -0.4 is 5.73 Å². The van der Waals surface area contributed by atoms with E-state index in [1.807, 2.05) is 11.4 Å². The first-order valence-corrected chi connectivity index (χ1v) is 6.95. The van der Waals surface area contributed by atoms with Gasteiger partial charge < -0.3 is 5.73 Å². The van der Waals surface area contributed by atoms with E-state index in [0.29, 0.717) is 0 Å². The molecule has 0 radical (unpaired) electrons. The lowest BCUT2D eigenvalue weighted by Gasteiger charge is -2.06. The summed E-state index contributed by atoms with van der Waals surface area (Å²) in [6, 6.07) is 9.91. The van der Waals surface area contributed by atoms with E-state index in [1.165, 1.54) is 22.5 Å². The summed E-state index contributed by atoms with van der Waals surface area (Å²) in [7, 11) is 0. The van der Waals surface area contributed by atoms with Gasteiger partial charge in [0.15, 0.2) is 6.29 Å². The second-order valence-corrected chi connectivity index (χ2v) is 4.81. The van der Waals surface area contributed by atoms with Crippen molar-refractivity contribution in [1.29, 1.82) is 0 Å². The molecule has 0 aliphatic heterocycles. The van der Waals surface area contributed by atoms with Crippen molar-refractivity contribution in [2.75, 3.05) is 5.73 Å². The Kier molecular flexibility index (Phi) is 6.15. The summed E-state index contributed by atoms with van der Waals surface area (Å²) in [5, 5.41) is 1.88. The van der Waals surface area contributed by atoms with Gasteiger partial charge in [-0.05, 0) is 35.4 Å². The molecular weight excluding hydrogens is 242 g/mol. The van der Waals surface area contributed by atoms with Crippen LogP contribution in [0.25, 0.3) is 0 Å². The lowest BCUT2D eigenvalue weighted by Crippen LogP contribution is -1.97. The largest absolute Gasteiger partial charge is 0.398 e. The first-order valence-electron chi connectivity index (χ1n) is 6.07. The molecule has 0 unspecified atom stereocenters. The lowest BCUT2D eigenvalue weighted by atomic mass is 10.0. The smallest absolute Gasteiger partial charge is 0.159 e. The maximum Gasteiger partial charge on any atom is 0.159 e. The average Bonchev–Trinajstić information content (AvgIpc) is 2.93. The third-order valence-corrected chi connectivity index (χ3v) is 3.51. The fourth-order valence-electron chi connectivity index (χ4n) is 1.64. The molecule has 1 heterocycles. The highest BCUT2D eigenvalue weighted by molar-refractivity contribution is 7.11. The molecule has 2 nitrogen and oxygen atoms in total. The minimum atomic E-state index is 0.792. The van der Waals surface area contributed by atoms with Crippen LogP contribution in [0.3, 0.4) is 0 Å². The van der Waals surface area contributed by atoms with Gasteiger partial charge in [0.25, 0.3) is 0 Å². The SMILES string of the molecule is CCc1cccc(CC)c1N.O=Cc1cccs1. The topological polar surface area (TPSA) is 43.1 Å². The maximum absolute atomic E-state index is 9.88. The normalized spacial score (nSPS) is 9.44. The van der Waals surface area contributed by atoms with E-state index >= 15 is 0 Å². The van der Waals surface area contributed by atoms with Crippen LogP contribution in [-0.4, -0.2) is 6.29 Å². The zero-order chi connectivity index (χ0) is 13.4. The van der Waals surface area contributed by atoms with Crippen LogP contribution in [0.5, 0.6) is 0 Å². The highest BCUT2D eigenvalue weighted by Gasteiger charge is 1.99. The number of rotatable bonds is 3. The van der Waals surface area contributed by atoms with Crippen LogP contribution >= 0.6 is 11.3 Å². The number of nitrogen functional groups attached to an aromatic ring is 1. The molecule has 1 aromatic carbocycles. The van der Waals surface area contributed by atoms with Crippen LogP contribution in [0.15, 0.2) is 35.7 Å². The molecule has 0 atom stereocenters. The summed E-state index contributed by atoms with van der Waals surface area (Å²) in [6.45, 7) is 4.26. The molecule has 0 spiro atoms. The average molecular weight is 261 g/mol. The number of nitrogens with two attached hydrogens (primary N) is 1. The van der Waals surface area contributed by atoms with Crippen molar-refractivity contribution in [3.8, 4) is 0 Å². The number of aryl methyl sites for hydroxylation is 2. The number of para-hydroxylation sites is 1. The van der Waals surface area contributed by atoms with Crippen molar-refractivity contribution in [2.24, 2.45) is 0 Å². The standard InChI is InChI=1S/C10H15N.C5H4OS/c1-3-8-6-5-7-9(4-2)10(8)11;6-4-5-2-1-3-7-5/h5-7H,3-4,11H2,1-2H3;1-4H. The van der Waals surface area contributed by atoms with E-state index in [4.69, 9.17) is 5.73 Å². The van der Waals surface area contributed by atoms with Gasteiger partial charge in [-0.3, -0.25) is 4.79 Å². The second kappa shape index (κ2) is 7.67. The maximum atomic E-state index is 9.88. The first-order chi connectivity index (χ1) is 8.72. The van der Waals surface area contributed by atoms with E-state index in [9.17, 15) is 4.79 Å². The van der Waals surface area contributed by atoms with Crippen LogP contribution in [-0.2, 0) is 12.8 Å². The Hall–Kier alpha value is -1.61. The van der Waals surface area contributed by atoms with Crippen molar-refractivity contribution < 1.29 is 4.79 Å². The van der Waals surface area contributed by atoms with Gasteiger partial charge in [-0.1, -0.05) is 38.1 Å². The number of carbonyl (C=O) groups is 1. The summed E-state index contributed by atoms with van der Waals surface area (Å²) in [4.78, 5) is 10.7. The molecule has 18 heavy (non-hydrogen) atoms. The van der Waals surface area contributed by atoms with Crippen LogP contribution in [0.1, 0.15) is 34.6 Å². The number of anilines is 1. The summed E-state index contributed by atoms with van der Waals surface area (Å²) < 4.78 is 0. The third-order valence-electron chi connectivity index (χ3n) is 2.71. The van der Waals surface area contributed by atoms with Gasteiger partial charge in [0, 0.05) is 5.69 Å². The van der Waals surface area contributed by atoms with Crippen molar-refractivity contribution in [3.63, 3.8) is 0 Å². The van der Waals surface area contributed by atoms with E-state index in [-0.39, 0.29) is 0 Å². The summed E-state index contributed by atoms with van der Waals surface area (Å²) in [5.41, 5.74) is 9.42. The molecule has 0 aliphatic carbocycles. The summed E-state index contributed by atoms with van der Waals surface area (Å²) >= 11 is 1.45. The first kappa shape index (κ1) is 14.5. The van der Waals surface area contributed by atoms with Gasteiger partial charge in [-0.25, -0.2) is 0 Å². The van der Waals surface area contributed by atoms with E-state index < -0.39 is 0 Å². The Balaban J connectivity index is 0.000000199. The molecule has 0 saturated carbocycles. The monoisotopic (exact) mass is 261 g/mol. The van der Waals surface area contributed by atoms with E-state index in [2.05, 4.69) is 32.0 Å². The van der Waals surface area contributed by atoms with E-state index in [1.54, 1.807) is 6.07 Å². The van der Waals surface area contributed by atoms with Gasteiger partial charge in [-0.2, -0.15) is 0 Å². The van der Waals surface area contributed by atoms with Gasteiger partial charge >= 0.3 is 0 Å². The quantitative estimate of drug-likeness (QED) is 0.671. The molecule has 2 N–H and O–H groups in total. The Bertz CT molecular complexity index is 455. The minimum Gasteiger partial charge on any atom is -0.398 e. The number of benzene rings is 1. The van der Waals surface area contributed by atoms with Crippen molar-refractivity contribution in [3.05, 3.63) is 51.7 Å². The van der Waals surface area contributed by atoms with Gasteiger partial charge in [0.1, 0.15) is 0 Å². The third kappa shape index (κ3) is 4.00. The van der Waals surface area contributed by atoms with Crippen LogP contribution in [0.4, 0.5) is 5.69 Å². The number of hydrogen-bond donors (Lipinski definition) is 1. The molecule has 0 fully saturated rings. The molecule has 96 valence electrons.